The first kappa shape index (κ1) is 23.4. The van der Waals surface area contributed by atoms with E-state index in [9.17, 15) is 13.2 Å². The van der Waals surface area contributed by atoms with Crippen molar-refractivity contribution < 1.29 is 17.6 Å². The Hall–Kier alpha value is -2.71. The van der Waals surface area contributed by atoms with Gasteiger partial charge in [0.15, 0.2) is 0 Å². The zero-order valence-corrected chi connectivity index (χ0v) is 20.3. The van der Waals surface area contributed by atoms with Gasteiger partial charge in [-0.1, -0.05) is 49.6 Å². The summed E-state index contributed by atoms with van der Waals surface area (Å²) in [5, 5.41) is 3.39. The molecule has 4 rings (SSSR count). The molecule has 0 spiro atoms. The van der Waals surface area contributed by atoms with E-state index in [4.69, 9.17) is 9.40 Å². The van der Waals surface area contributed by atoms with Crippen LogP contribution in [0.4, 0.5) is 0 Å². The van der Waals surface area contributed by atoms with Gasteiger partial charge in [0, 0.05) is 19.2 Å². The summed E-state index contributed by atoms with van der Waals surface area (Å²) in [5.74, 6) is 0.587. The highest BCUT2D eigenvalue weighted by Crippen LogP contribution is 2.44. The van der Waals surface area contributed by atoms with Crippen LogP contribution in [0.1, 0.15) is 72.1 Å². The third-order valence-electron chi connectivity index (χ3n) is 6.16. The molecule has 1 N–H and O–H groups in total. The highest BCUT2D eigenvalue weighted by molar-refractivity contribution is 7.69. The first-order valence-corrected chi connectivity index (χ1v) is 12.7. The number of unbranched alkanes of at least 4 members (excludes halogenated alkanes) is 2. The molecule has 176 valence electrons. The molecule has 1 aromatic carbocycles. The van der Waals surface area contributed by atoms with Gasteiger partial charge in [-0.25, -0.2) is 13.4 Å². The first-order valence-electron chi connectivity index (χ1n) is 11.6. The molecule has 1 aliphatic carbocycles. The van der Waals surface area contributed by atoms with Gasteiger partial charge in [-0.2, -0.15) is 4.31 Å². The van der Waals surface area contributed by atoms with Crippen LogP contribution in [0.15, 0.2) is 34.7 Å². The van der Waals surface area contributed by atoms with Crippen LogP contribution in [0.5, 0.6) is 0 Å². The molecule has 1 amide bonds. The number of hydrogen-bond acceptors (Lipinski definition) is 5. The van der Waals surface area contributed by atoms with E-state index in [0.717, 1.165) is 48.8 Å². The number of benzene rings is 1. The van der Waals surface area contributed by atoms with Crippen LogP contribution in [0.3, 0.4) is 0 Å². The van der Waals surface area contributed by atoms with E-state index in [2.05, 4.69) is 12.2 Å². The van der Waals surface area contributed by atoms with Crippen LogP contribution in [0.25, 0.3) is 22.4 Å². The van der Waals surface area contributed by atoms with Gasteiger partial charge >= 0.3 is 0 Å². The van der Waals surface area contributed by atoms with Gasteiger partial charge in [-0.15, -0.1) is 0 Å². The number of thiol groups is 1. The van der Waals surface area contributed by atoms with Gasteiger partial charge in [-0.05, 0) is 43.7 Å². The van der Waals surface area contributed by atoms with Crippen LogP contribution < -0.4 is 5.32 Å². The molecule has 0 saturated heterocycles. The summed E-state index contributed by atoms with van der Waals surface area (Å²) in [4.78, 5) is 17.6. The van der Waals surface area contributed by atoms with Crippen LogP contribution in [-0.4, -0.2) is 37.2 Å². The summed E-state index contributed by atoms with van der Waals surface area (Å²) in [7, 11) is -1.11. The van der Waals surface area contributed by atoms with Crippen LogP contribution in [0.2, 0.25) is 0 Å². The Kier molecular flexibility index (Phi) is 7.14. The lowest BCUT2D eigenvalue weighted by atomic mass is 10.0. The Bertz CT molecular complexity index is 1220. The van der Waals surface area contributed by atoms with E-state index in [1.807, 2.05) is 37.3 Å². The second kappa shape index (κ2) is 10.1. The van der Waals surface area contributed by atoms with E-state index in [0.29, 0.717) is 40.6 Å². The number of fused-ring (bicyclic) bond motifs is 1. The Balaban J connectivity index is 1.82. The Morgan fingerprint density at radius 2 is 1.94 bits per heavy atom. The molecule has 8 heteroatoms. The number of nitrogens with zero attached hydrogens (tertiary/aromatic N) is 2. The molecule has 0 aliphatic heterocycles. The number of rotatable bonds is 10. The number of furan rings is 1. The predicted molar refractivity (Wildman–Crippen MR) is 130 cm³/mol. The van der Waals surface area contributed by atoms with Crippen molar-refractivity contribution in [3.8, 4) is 11.3 Å². The summed E-state index contributed by atoms with van der Waals surface area (Å²) in [6, 6.07) is 9.80. The van der Waals surface area contributed by atoms with E-state index in [-0.39, 0.29) is 12.5 Å². The summed E-state index contributed by atoms with van der Waals surface area (Å²) in [6.07, 6.45) is 4.90. The second-order valence-electron chi connectivity index (χ2n) is 8.74. The maximum atomic E-state index is 12.9. The highest BCUT2D eigenvalue weighted by atomic mass is 32.2. The zero-order chi connectivity index (χ0) is 23.5. The number of pyridine rings is 1. The number of carbonyl (C=O) groups excluding carboxylic acids is 1. The van der Waals surface area contributed by atoms with Crippen molar-refractivity contribution >= 4 is 27.9 Å². The number of aromatic nitrogens is 1. The van der Waals surface area contributed by atoms with Gasteiger partial charge in [0.25, 0.3) is 5.91 Å². The molecule has 2 heterocycles. The average molecular weight is 470 g/mol. The lowest BCUT2D eigenvalue weighted by Gasteiger charge is -2.17. The lowest BCUT2D eigenvalue weighted by Crippen LogP contribution is -2.24. The molecule has 0 bridgehead atoms. The number of carbonyl (C=O) groups is 1. The summed E-state index contributed by atoms with van der Waals surface area (Å²) >= 11 is 0. The largest absolute Gasteiger partial charge is 0.437 e. The lowest BCUT2D eigenvalue weighted by molar-refractivity contribution is 0.0964. The van der Waals surface area contributed by atoms with Crippen LogP contribution >= 0.6 is 0 Å². The summed E-state index contributed by atoms with van der Waals surface area (Å²) in [6.45, 7) is 4.80. The molecule has 33 heavy (non-hydrogen) atoms. The summed E-state index contributed by atoms with van der Waals surface area (Å²) in [5.41, 5.74) is 4.47. The van der Waals surface area contributed by atoms with Crippen LogP contribution in [0, 0.1) is 6.92 Å². The SMILES string of the molecule is CCCCCN(Cc1nc2oc(-c3ccc(C)cc3)c(C(=O)NC)c2cc1C1CC1)[SH](=O)=O. The smallest absolute Gasteiger partial charge is 0.255 e. The minimum atomic E-state index is -2.71. The quantitative estimate of drug-likeness (QED) is 0.335. The monoisotopic (exact) mass is 469 g/mol. The van der Waals surface area contributed by atoms with Crippen molar-refractivity contribution in [3.05, 3.63) is 52.7 Å². The van der Waals surface area contributed by atoms with Crippen molar-refractivity contribution in [1.82, 2.24) is 14.6 Å². The third-order valence-corrected chi connectivity index (χ3v) is 6.97. The van der Waals surface area contributed by atoms with Gasteiger partial charge in [0.2, 0.25) is 16.6 Å². The van der Waals surface area contributed by atoms with Crippen molar-refractivity contribution in [1.29, 1.82) is 0 Å². The van der Waals surface area contributed by atoms with Crippen LogP contribution in [-0.2, 0) is 17.4 Å². The molecule has 0 atom stereocenters. The third kappa shape index (κ3) is 5.12. The van der Waals surface area contributed by atoms with Crippen molar-refractivity contribution in [2.24, 2.45) is 0 Å². The topological polar surface area (TPSA) is 92.5 Å². The maximum Gasteiger partial charge on any atom is 0.255 e. The molecule has 1 aliphatic rings. The van der Waals surface area contributed by atoms with Gasteiger partial charge in [-0.3, -0.25) is 4.79 Å². The Labute approximate surface area is 196 Å². The van der Waals surface area contributed by atoms with Gasteiger partial charge < -0.3 is 9.73 Å². The van der Waals surface area contributed by atoms with Crippen molar-refractivity contribution in [2.45, 2.75) is 58.4 Å². The minimum absolute atomic E-state index is 0.222. The molecule has 1 saturated carbocycles. The van der Waals surface area contributed by atoms with Gasteiger partial charge in [0.1, 0.15) is 5.76 Å². The van der Waals surface area contributed by atoms with Gasteiger partial charge in [0.05, 0.1) is 23.2 Å². The number of hydrogen-bond donors (Lipinski definition) is 2. The molecular weight excluding hydrogens is 438 g/mol. The average Bonchev–Trinajstić information content (AvgIpc) is 3.58. The molecule has 3 aromatic rings. The fourth-order valence-corrected chi connectivity index (χ4v) is 4.70. The van der Waals surface area contributed by atoms with Crippen molar-refractivity contribution in [2.75, 3.05) is 13.6 Å². The highest BCUT2D eigenvalue weighted by Gasteiger charge is 2.31. The van der Waals surface area contributed by atoms with E-state index in [1.165, 1.54) is 4.31 Å². The van der Waals surface area contributed by atoms with E-state index >= 15 is 0 Å². The number of amides is 1. The second-order valence-corrected chi connectivity index (χ2v) is 9.78. The van der Waals surface area contributed by atoms with E-state index < -0.39 is 10.9 Å². The number of aryl methyl sites for hydroxylation is 1. The summed E-state index contributed by atoms with van der Waals surface area (Å²) < 4.78 is 31.4. The fraction of sp³-hybridized carbons (Fsp3) is 0.440. The Morgan fingerprint density at radius 3 is 2.55 bits per heavy atom. The first-order chi connectivity index (χ1) is 15.9. The minimum Gasteiger partial charge on any atom is -0.437 e. The van der Waals surface area contributed by atoms with Crippen molar-refractivity contribution in [3.63, 3.8) is 0 Å². The van der Waals surface area contributed by atoms with E-state index in [1.54, 1.807) is 7.05 Å². The number of nitrogens with one attached hydrogen (secondary N) is 1. The molecule has 0 unspecified atom stereocenters. The predicted octanol–water partition coefficient (Wildman–Crippen LogP) is 4.56. The standard InChI is InChI=1S/C25H31N3O4S/c1-4-5-6-13-28(33(30)31)15-21-19(17-11-12-17)14-20-22(24(29)26-3)23(32-25(20)27-21)18-9-7-16(2)8-10-18/h7-10,14,17,33H,4-6,11-13,15H2,1-3H3,(H,26,29). The Morgan fingerprint density at radius 1 is 1.21 bits per heavy atom. The molecule has 1 fully saturated rings. The normalized spacial score (nSPS) is 13.8. The molecular formula is C25H31N3O4S. The molecule has 0 radical (unpaired) electrons. The zero-order valence-electron chi connectivity index (χ0n) is 19.4. The molecule has 2 aromatic heterocycles. The fourth-order valence-electron chi connectivity index (χ4n) is 4.14. The maximum absolute atomic E-state index is 12.9. The molecule has 7 nitrogen and oxygen atoms in total.